The number of nitrogens with zero attached hydrogens (tertiary/aromatic N) is 1. The number of carbonyl (C=O) groups excluding carboxylic acids is 1. The van der Waals surface area contributed by atoms with Crippen molar-refractivity contribution >= 4 is 36.7 Å². The second kappa shape index (κ2) is 7.13. The summed E-state index contributed by atoms with van der Waals surface area (Å²) < 4.78 is 37.6. The number of aromatic nitrogens is 1. The summed E-state index contributed by atoms with van der Waals surface area (Å²) in [6, 6.07) is 4.40. The average molecular weight is 279 g/mol. The number of alkyl halides is 3. The van der Waals surface area contributed by atoms with E-state index in [0.29, 0.717) is 0 Å². The van der Waals surface area contributed by atoms with Crippen LogP contribution >= 0.6 is 24.8 Å². The van der Waals surface area contributed by atoms with Crippen molar-refractivity contribution in [3.8, 4) is 0 Å². The van der Waals surface area contributed by atoms with Gasteiger partial charge in [0.15, 0.2) is 0 Å². The minimum Gasteiger partial charge on any atom is -0.356 e. The Morgan fingerprint density at radius 2 is 1.94 bits per heavy atom. The molecule has 0 saturated carbocycles. The molecule has 0 aliphatic heterocycles. The zero-order valence-electron chi connectivity index (χ0n) is 7.52. The minimum atomic E-state index is -4.99. The van der Waals surface area contributed by atoms with Crippen molar-refractivity contribution in [3.63, 3.8) is 0 Å². The van der Waals surface area contributed by atoms with E-state index >= 15 is 0 Å². The monoisotopic (exact) mass is 278 g/mol. The number of hydrogen-bond acceptors (Lipinski definition) is 3. The summed E-state index contributed by atoms with van der Waals surface area (Å²) in [6.07, 6.45) is -5.28. The molecule has 1 aromatic heterocycles. The highest BCUT2D eigenvalue weighted by atomic mass is 35.5. The topological polar surface area (TPSA) is 51.2 Å². The van der Waals surface area contributed by atoms with Crippen molar-refractivity contribution in [2.75, 3.05) is 5.32 Å². The molecule has 1 heterocycles. The normalized spacial score (nSPS) is 9.44. The maximum absolute atomic E-state index is 11.5. The molecule has 1 N–H and O–H groups in total. The predicted molar refractivity (Wildman–Crippen MR) is 54.9 cm³/mol. The van der Waals surface area contributed by atoms with E-state index in [1.807, 2.05) is 0 Å². The lowest BCUT2D eigenvalue weighted by molar-refractivity contribution is -0.289. The molecule has 0 bridgehead atoms. The van der Waals surface area contributed by atoms with Crippen LogP contribution in [-0.4, -0.2) is 17.4 Å². The van der Waals surface area contributed by atoms with Crippen LogP contribution in [-0.2, 0) is 4.74 Å². The fourth-order valence-electron chi connectivity index (χ4n) is 0.672. The molecular weight excluding hydrogens is 272 g/mol. The average Bonchev–Trinajstić information content (AvgIpc) is 2.02. The molecule has 0 saturated heterocycles. The minimum absolute atomic E-state index is 0. The van der Waals surface area contributed by atoms with Gasteiger partial charge in [-0.3, -0.25) is 5.32 Å². The molecule has 0 radical (unpaired) electrons. The van der Waals surface area contributed by atoms with Crippen LogP contribution in [0.15, 0.2) is 24.4 Å². The first-order valence-corrected chi connectivity index (χ1v) is 3.45. The largest absolute Gasteiger partial charge is 0.576 e. The number of ether oxygens (including phenoxy) is 1. The number of halogens is 5. The molecule has 0 unspecified atom stereocenters. The molecule has 9 heteroatoms. The molecule has 0 aliphatic rings. The Bertz CT molecular complexity index is 321. The zero-order valence-corrected chi connectivity index (χ0v) is 9.16. The maximum Gasteiger partial charge on any atom is 0.576 e. The van der Waals surface area contributed by atoms with Gasteiger partial charge in [0.25, 0.3) is 0 Å². The quantitative estimate of drug-likeness (QED) is 0.859. The van der Waals surface area contributed by atoms with Crippen LogP contribution in [0.1, 0.15) is 0 Å². The number of hydrogen-bond donors (Lipinski definition) is 1. The number of pyridine rings is 1. The van der Waals surface area contributed by atoms with E-state index in [1.165, 1.54) is 18.3 Å². The third kappa shape index (κ3) is 7.13. The second-order valence-corrected chi connectivity index (χ2v) is 2.18. The van der Waals surface area contributed by atoms with E-state index in [-0.39, 0.29) is 30.6 Å². The van der Waals surface area contributed by atoms with Crippen molar-refractivity contribution in [1.82, 2.24) is 4.98 Å². The number of anilines is 1. The van der Waals surface area contributed by atoms with Gasteiger partial charge in [0.1, 0.15) is 5.82 Å². The summed E-state index contributed by atoms with van der Waals surface area (Å²) in [7, 11) is 0. The predicted octanol–water partition coefficient (Wildman–Crippen LogP) is 2.99. The van der Waals surface area contributed by atoms with E-state index in [0.717, 1.165) is 0 Å². The van der Waals surface area contributed by atoms with Crippen molar-refractivity contribution < 1.29 is 22.7 Å². The molecule has 0 aromatic carbocycles. The number of nitrogens with one attached hydrogen (secondary N) is 1. The van der Waals surface area contributed by atoms with Crippen LogP contribution in [0.3, 0.4) is 0 Å². The summed E-state index contributed by atoms with van der Waals surface area (Å²) in [5.74, 6) is -0.0123. The van der Waals surface area contributed by atoms with E-state index in [1.54, 1.807) is 11.4 Å². The van der Waals surface area contributed by atoms with Gasteiger partial charge in [0, 0.05) is 6.20 Å². The Kier molecular flexibility index (Phi) is 7.66. The number of amides is 1. The Balaban J connectivity index is 0. The highest BCUT2D eigenvalue weighted by Crippen LogP contribution is 2.17. The number of rotatable bonds is 1. The van der Waals surface area contributed by atoms with Crippen LogP contribution < -0.4 is 5.32 Å². The fourth-order valence-corrected chi connectivity index (χ4v) is 0.672. The van der Waals surface area contributed by atoms with Crippen LogP contribution in [0, 0.1) is 0 Å². The number of carbonyl (C=O) groups is 1. The molecule has 4 nitrogen and oxygen atoms in total. The Morgan fingerprint density at radius 3 is 2.38 bits per heavy atom. The van der Waals surface area contributed by atoms with Gasteiger partial charge in [0.05, 0.1) is 0 Å². The van der Waals surface area contributed by atoms with Gasteiger partial charge in [-0.05, 0) is 12.1 Å². The molecule has 0 fully saturated rings. The summed E-state index contributed by atoms with van der Waals surface area (Å²) >= 11 is 0. The molecule has 1 rings (SSSR count). The maximum atomic E-state index is 11.5. The Morgan fingerprint density at radius 1 is 1.31 bits per heavy atom. The van der Waals surface area contributed by atoms with Gasteiger partial charge in [-0.1, -0.05) is 6.07 Å². The van der Waals surface area contributed by atoms with Gasteiger partial charge >= 0.3 is 12.5 Å². The van der Waals surface area contributed by atoms with E-state index < -0.39 is 12.5 Å². The second-order valence-electron chi connectivity index (χ2n) is 2.18. The SMILES string of the molecule is Cl.Cl.O=C(Nc1ccccn1)OC(F)(F)F. The molecule has 1 amide bonds. The van der Waals surface area contributed by atoms with Crippen molar-refractivity contribution in [2.45, 2.75) is 6.36 Å². The smallest absolute Gasteiger partial charge is 0.356 e. The Hall–Kier alpha value is -1.21. The molecule has 0 aliphatic carbocycles. The van der Waals surface area contributed by atoms with Gasteiger partial charge in [-0.25, -0.2) is 9.78 Å². The van der Waals surface area contributed by atoms with Gasteiger partial charge < -0.3 is 4.74 Å². The Labute approximate surface area is 101 Å². The van der Waals surface area contributed by atoms with Crippen molar-refractivity contribution in [3.05, 3.63) is 24.4 Å². The molecule has 16 heavy (non-hydrogen) atoms. The highest BCUT2D eigenvalue weighted by molar-refractivity contribution is 5.85. The van der Waals surface area contributed by atoms with Crippen molar-refractivity contribution in [1.29, 1.82) is 0 Å². The molecule has 0 atom stereocenters. The molecule has 0 spiro atoms. The third-order valence-electron chi connectivity index (χ3n) is 1.10. The van der Waals surface area contributed by atoms with Gasteiger partial charge in [0.2, 0.25) is 0 Å². The first-order chi connectivity index (χ1) is 6.47. The van der Waals surface area contributed by atoms with Crippen LogP contribution in [0.2, 0.25) is 0 Å². The van der Waals surface area contributed by atoms with Gasteiger partial charge in [-0.2, -0.15) is 0 Å². The van der Waals surface area contributed by atoms with E-state index in [4.69, 9.17) is 0 Å². The fraction of sp³-hybridized carbons (Fsp3) is 0.143. The zero-order chi connectivity index (χ0) is 10.6. The highest BCUT2D eigenvalue weighted by Gasteiger charge is 2.34. The van der Waals surface area contributed by atoms with E-state index in [2.05, 4.69) is 9.72 Å². The first kappa shape index (κ1) is 17.2. The standard InChI is InChI=1S/C7H5F3N2O2.2ClH/c8-7(9,10)14-6(13)12-5-3-1-2-4-11-5;;/h1-4H,(H,11,12,13);2*1H. The lowest BCUT2D eigenvalue weighted by atomic mass is 10.5. The third-order valence-corrected chi connectivity index (χ3v) is 1.10. The van der Waals surface area contributed by atoms with Crippen LogP contribution in [0.25, 0.3) is 0 Å². The van der Waals surface area contributed by atoms with E-state index in [9.17, 15) is 18.0 Å². The van der Waals surface area contributed by atoms with Crippen LogP contribution in [0.5, 0.6) is 0 Å². The summed E-state index contributed by atoms with van der Waals surface area (Å²) in [6.45, 7) is 0. The molecule has 1 aromatic rings. The lowest BCUT2D eigenvalue weighted by Gasteiger charge is -2.07. The first-order valence-electron chi connectivity index (χ1n) is 3.45. The summed E-state index contributed by atoms with van der Waals surface area (Å²) in [5.41, 5.74) is 0. The molecular formula is C7H7Cl2F3N2O2. The molecule has 92 valence electrons. The summed E-state index contributed by atoms with van der Waals surface area (Å²) in [5, 5.41) is 1.81. The lowest BCUT2D eigenvalue weighted by Crippen LogP contribution is -2.24. The van der Waals surface area contributed by atoms with Gasteiger partial charge in [-0.15, -0.1) is 38.0 Å². The van der Waals surface area contributed by atoms with Crippen LogP contribution in [0.4, 0.5) is 23.8 Å². The van der Waals surface area contributed by atoms with Crippen molar-refractivity contribution in [2.24, 2.45) is 0 Å². The summed E-state index contributed by atoms with van der Waals surface area (Å²) in [4.78, 5) is 14.1.